The fraction of sp³-hybridized carbons (Fsp3) is 0.357. The Balaban J connectivity index is 2.14. The molecule has 0 aliphatic rings. The highest BCUT2D eigenvalue weighted by Crippen LogP contribution is 2.25. The van der Waals surface area contributed by atoms with Crippen molar-refractivity contribution >= 4 is 5.97 Å². The molecule has 2 heterocycles. The molecule has 0 spiro atoms. The number of aryl methyl sites for hydroxylation is 2. The first-order valence-electron chi connectivity index (χ1n) is 6.27. The van der Waals surface area contributed by atoms with Crippen LogP contribution in [0.3, 0.4) is 0 Å². The number of aromatic nitrogens is 2. The molecule has 0 aromatic carbocycles. The number of terminal acetylenes is 1. The summed E-state index contributed by atoms with van der Waals surface area (Å²) < 4.78 is 10.9. The molecule has 0 fully saturated rings. The van der Waals surface area contributed by atoms with Crippen molar-refractivity contribution in [1.29, 1.82) is 0 Å². The lowest BCUT2D eigenvalue weighted by Gasteiger charge is -2.14. The van der Waals surface area contributed by atoms with Crippen molar-refractivity contribution in [3.05, 3.63) is 23.5 Å². The van der Waals surface area contributed by atoms with Crippen LogP contribution in [0.25, 0.3) is 11.5 Å². The van der Waals surface area contributed by atoms with Crippen molar-refractivity contribution < 1.29 is 18.7 Å². The normalized spacial score (nSPS) is 10.8. The molecule has 2 rings (SSSR count). The molecular formula is C14H15N3O4. The predicted octanol–water partition coefficient (Wildman–Crippen LogP) is 1.47. The molecule has 0 unspecified atom stereocenters. The van der Waals surface area contributed by atoms with E-state index in [0.717, 1.165) is 11.3 Å². The van der Waals surface area contributed by atoms with Gasteiger partial charge in [0.05, 0.1) is 25.2 Å². The minimum absolute atomic E-state index is 0.180. The monoisotopic (exact) mass is 289 g/mol. The molecule has 1 N–H and O–H groups in total. The Morgan fingerprint density at radius 2 is 2.19 bits per heavy atom. The van der Waals surface area contributed by atoms with Crippen LogP contribution in [0.15, 0.2) is 14.9 Å². The number of hydrogen-bond donors (Lipinski definition) is 1. The zero-order valence-corrected chi connectivity index (χ0v) is 11.8. The van der Waals surface area contributed by atoms with Crippen LogP contribution >= 0.6 is 0 Å². The lowest BCUT2D eigenvalue weighted by Crippen LogP contribution is -2.29. The van der Waals surface area contributed by atoms with Crippen LogP contribution in [0.5, 0.6) is 0 Å². The second-order valence-electron chi connectivity index (χ2n) is 4.57. The lowest BCUT2D eigenvalue weighted by molar-refractivity contribution is -0.138. The molecule has 0 saturated carbocycles. The highest BCUT2D eigenvalue weighted by Gasteiger charge is 2.17. The van der Waals surface area contributed by atoms with Gasteiger partial charge in [-0.1, -0.05) is 5.92 Å². The summed E-state index contributed by atoms with van der Waals surface area (Å²) in [5, 5.41) is 16.7. The average molecular weight is 289 g/mol. The summed E-state index contributed by atoms with van der Waals surface area (Å²) in [6.07, 6.45) is 5.21. The molecule has 0 atom stereocenters. The molecule has 7 nitrogen and oxygen atoms in total. The van der Waals surface area contributed by atoms with E-state index in [4.69, 9.17) is 20.4 Å². The average Bonchev–Trinajstić information content (AvgIpc) is 2.95. The molecule has 0 saturated heterocycles. The Morgan fingerprint density at radius 3 is 2.76 bits per heavy atom. The van der Waals surface area contributed by atoms with Crippen molar-refractivity contribution in [3.8, 4) is 23.8 Å². The number of rotatable bonds is 6. The maximum Gasteiger partial charge on any atom is 0.317 e. The Bertz CT molecular complexity index is 681. The van der Waals surface area contributed by atoms with Crippen LogP contribution in [0.4, 0.5) is 0 Å². The summed E-state index contributed by atoms with van der Waals surface area (Å²) in [7, 11) is 0. The molecule has 2 aromatic heterocycles. The van der Waals surface area contributed by atoms with Crippen LogP contribution < -0.4 is 0 Å². The molecule has 0 aliphatic carbocycles. The van der Waals surface area contributed by atoms with Gasteiger partial charge in [-0.3, -0.25) is 9.69 Å². The molecule has 0 bridgehead atoms. The SMILES string of the molecule is C#CCN(CC(=O)O)Cc1nnc(-c2cc(C)oc2C)o1. The van der Waals surface area contributed by atoms with Crippen molar-refractivity contribution in [2.24, 2.45) is 0 Å². The third-order valence-corrected chi connectivity index (χ3v) is 2.77. The Kier molecular flexibility index (Phi) is 4.40. The number of nitrogens with zero attached hydrogens (tertiary/aromatic N) is 3. The summed E-state index contributed by atoms with van der Waals surface area (Å²) in [5.74, 6) is 3.52. The van der Waals surface area contributed by atoms with Crippen molar-refractivity contribution in [2.75, 3.05) is 13.1 Å². The van der Waals surface area contributed by atoms with Crippen LogP contribution in [0.2, 0.25) is 0 Å². The highest BCUT2D eigenvalue weighted by molar-refractivity contribution is 5.69. The third-order valence-electron chi connectivity index (χ3n) is 2.77. The smallest absolute Gasteiger partial charge is 0.317 e. The number of carboxylic acid groups (broad SMARTS) is 1. The molecule has 0 amide bonds. The van der Waals surface area contributed by atoms with Gasteiger partial charge in [-0.25, -0.2) is 0 Å². The van der Waals surface area contributed by atoms with Gasteiger partial charge in [0.25, 0.3) is 5.89 Å². The first-order chi connectivity index (χ1) is 9.99. The van der Waals surface area contributed by atoms with Gasteiger partial charge in [0.1, 0.15) is 11.5 Å². The van der Waals surface area contributed by atoms with E-state index in [-0.39, 0.29) is 19.6 Å². The molecule has 2 aromatic rings. The molecular weight excluding hydrogens is 274 g/mol. The van der Waals surface area contributed by atoms with Gasteiger partial charge >= 0.3 is 5.97 Å². The van der Waals surface area contributed by atoms with Crippen molar-refractivity contribution in [1.82, 2.24) is 15.1 Å². The topological polar surface area (TPSA) is 92.6 Å². The number of aliphatic carboxylic acids is 1. The molecule has 7 heteroatoms. The fourth-order valence-corrected chi connectivity index (χ4v) is 1.95. The van der Waals surface area contributed by atoms with Crippen LogP contribution in [0, 0.1) is 26.2 Å². The zero-order valence-electron chi connectivity index (χ0n) is 11.8. The first kappa shape index (κ1) is 14.8. The summed E-state index contributed by atoms with van der Waals surface area (Å²) >= 11 is 0. The van der Waals surface area contributed by atoms with Crippen LogP contribution in [-0.2, 0) is 11.3 Å². The summed E-state index contributed by atoms with van der Waals surface area (Å²) in [6, 6.07) is 1.81. The fourth-order valence-electron chi connectivity index (χ4n) is 1.95. The van der Waals surface area contributed by atoms with Crippen LogP contribution in [0.1, 0.15) is 17.4 Å². The largest absolute Gasteiger partial charge is 0.480 e. The maximum atomic E-state index is 10.8. The Morgan fingerprint density at radius 1 is 1.43 bits per heavy atom. The van der Waals surface area contributed by atoms with E-state index >= 15 is 0 Å². The summed E-state index contributed by atoms with van der Waals surface area (Å²) in [4.78, 5) is 12.3. The van der Waals surface area contributed by atoms with Gasteiger partial charge in [0, 0.05) is 0 Å². The van der Waals surface area contributed by atoms with Crippen molar-refractivity contribution in [3.63, 3.8) is 0 Å². The molecule has 0 radical (unpaired) electrons. The van der Waals surface area contributed by atoms with Gasteiger partial charge in [-0.2, -0.15) is 0 Å². The lowest BCUT2D eigenvalue weighted by atomic mass is 10.2. The first-order valence-corrected chi connectivity index (χ1v) is 6.27. The maximum absolute atomic E-state index is 10.8. The number of carboxylic acids is 1. The minimum atomic E-state index is -0.966. The molecule has 0 aliphatic heterocycles. The van der Waals surface area contributed by atoms with Gasteiger partial charge < -0.3 is 13.9 Å². The van der Waals surface area contributed by atoms with E-state index in [1.54, 1.807) is 6.92 Å². The van der Waals surface area contributed by atoms with E-state index in [0.29, 0.717) is 17.5 Å². The van der Waals surface area contributed by atoms with Crippen LogP contribution in [-0.4, -0.2) is 39.3 Å². The Labute approximate surface area is 121 Å². The zero-order chi connectivity index (χ0) is 15.4. The van der Waals surface area contributed by atoms with E-state index in [2.05, 4.69) is 16.1 Å². The number of hydrogen-bond acceptors (Lipinski definition) is 6. The van der Waals surface area contributed by atoms with Crippen molar-refractivity contribution in [2.45, 2.75) is 20.4 Å². The Hall–Kier alpha value is -2.59. The second kappa shape index (κ2) is 6.24. The van der Waals surface area contributed by atoms with Gasteiger partial charge in [0.15, 0.2) is 0 Å². The van der Waals surface area contributed by atoms with Gasteiger partial charge in [0.2, 0.25) is 5.89 Å². The van der Waals surface area contributed by atoms with E-state index in [9.17, 15) is 4.79 Å². The third kappa shape index (κ3) is 3.70. The summed E-state index contributed by atoms with van der Waals surface area (Å²) in [5.41, 5.74) is 0.730. The predicted molar refractivity (Wildman–Crippen MR) is 73.2 cm³/mol. The second-order valence-corrected chi connectivity index (χ2v) is 4.57. The van der Waals surface area contributed by atoms with E-state index in [1.807, 2.05) is 13.0 Å². The van der Waals surface area contributed by atoms with E-state index < -0.39 is 5.97 Å². The molecule has 21 heavy (non-hydrogen) atoms. The quantitative estimate of drug-likeness (QED) is 0.805. The molecule has 110 valence electrons. The van der Waals surface area contributed by atoms with Gasteiger partial charge in [-0.05, 0) is 19.9 Å². The standard InChI is InChI=1S/C14H15N3O4/c1-4-5-17(8-13(18)19)7-12-15-16-14(21-12)11-6-9(2)20-10(11)3/h1,6H,5,7-8H2,2-3H3,(H,18,19). The van der Waals surface area contributed by atoms with Gasteiger partial charge in [-0.15, -0.1) is 16.6 Å². The highest BCUT2D eigenvalue weighted by atomic mass is 16.4. The number of carbonyl (C=O) groups is 1. The summed E-state index contributed by atoms with van der Waals surface area (Å²) in [6.45, 7) is 3.82. The minimum Gasteiger partial charge on any atom is -0.480 e. The van der Waals surface area contributed by atoms with E-state index in [1.165, 1.54) is 4.90 Å². The number of furan rings is 1.